The van der Waals surface area contributed by atoms with Gasteiger partial charge in [0.1, 0.15) is 5.75 Å². The molecule has 1 aliphatic rings. The fourth-order valence-corrected chi connectivity index (χ4v) is 2.14. The minimum absolute atomic E-state index is 0.0194. The maximum absolute atomic E-state index is 11.2. The summed E-state index contributed by atoms with van der Waals surface area (Å²) in [5.41, 5.74) is 1.35. The van der Waals surface area contributed by atoms with Crippen LogP contribution in [0.15, 0.2) is 36.4 Å². The molecule has 0 atom stereocenters. The molecular weight excluding hydrogens is 286 g/mol. The zero-order valence-electron chi connectivity index (χ0n) is 11.8. The van der Waals surface area contributed by atoms with Crippen LogP contribution < -0.4 is 14.2 Å². The molecule has 0 bridgehead atoms. The van der Waals surface area contributed by atoms with Gasteiger partial charge in [0.2, 0.25) is 6.79 Å². The highest BCUT2D eigenvalue weighted by Gasteiger charge is 2.21. The molecule has 112 valence electrons. The van der Waals surface area contributed by atoms with Crippen LogP contribution in [-0.2, 0) is 0 Å². The van der Waals surface area contributed by atoms with Crippen molar-refractivity contribution >= 4 is 17.8 Å². The molecule has 6 nitrogen and oxygen atoms in total. The summed E-state index contributed by atoms with van der Waals surface area (Å²) in [6.45, 7) is 0.0815. The van der Waals surface area contributed by atoms with E-state index < -0.39 is 4.92 Å². The first-order valence-corrected chi connectivity index (χ1v) is 6.57. The Hall–Kier alpha value is -3.02. The van der Waals surface area contributed by atoms with E-state index in [-0.39, 0.29) is 12.5 Å². The normalized spacial score (nSPS) is 12.6. The number of benzene rings is 2. The van der Waals surface area contributed by atoms with E-state index >= 15 is 0 Å². The van der Waals surface area contributed by atoms with Crippen molar-refractivity contribution in [3.8, 4) is 17.2 Å². The number of nitrogens with zero attached hydrogens (tertiary/aromatic N) is 1. The van der Waals surface area contributed by atoms with E-state index in [4.69, 9.17) is 14.2 Å². The van der Waals surface area contributed by atoms with Gasteiger partial charge >= 0.3 is 0 Å². The number of hydrogen-bond acceptors (Lipinski definition) is 5. The molecule has 22 heavy (non-hydrogen) atoms. The summed E-state index contributed by atoms with van der Waals surface area (Å²) in [6, 6.07) is 10.4. The molecule has 0 amide bonds. The Kier molecular flexibility index (Phi) is 3.65. The number of rotatable bonds is 4. The SMILES string of the molecule is COc1ccc(/C=C/c2cc3c(cc2[N+](=O)[O-])OCO3)cc1. The highest BCUT2D eigenvalue weighted by molar-refractivity contribution is 5.76. The minimum atomic E-state index is -0.435. The molecule has 0 saturated carbocycles. The molecule has 2 aromatic rings. The van der Waals surface area contributed by atoms with Gasteiger partial charge in [0.05, 0.1) is 23.7 Å². The monoisotopic (exact) mass is 299 g/mol. The Labute approximate surface area is 126 Å². The number of hydrogen-bond donors (Lipinski definition) is 0. The molecule has 0 saturated heterocycles. The summed E-state index contributed by atoms with van der Waals surface area (Å²) in [4.78, 5) is 10.7. The third kappa shape index (κ3) is 2.71. The summed E-state index contributed by atoms with van der Waals surface area (Å²) in [7, 11) is 1.60. The van der Waals surface area contributed by atoms with Crippen molar-refractivity contribution in [2.45, 2.75) is 0 Å². The van der Waals surface area contributed by atoms with Gasteiger partial charge in [0.15, 0.2) is 11.5 Å². The molecule has 3 rings (SSSR count). The maximum atomic E-state index is 11.2. The number of ether oxygens (including phenoxy) is 3. The Morgan fingerprint density at radius 1 is 1.14 bits per heavy atom. The fraction of sp³-hybridized carbons (Fsp3) is 0.125. The Bertz CT molecular complexity index is 737. The second-order valence-corrected chi connectivity index (χ2v) is 4.63. The fourth-order valence-electron chi connectivity index (χ4n) is 2.14. The van der Waals surface area contributed by atoms with E-state index in [1.54, 1.807) is 25.3 Å². The first-order valence-electron chi connectivity index (χ1n) is 6.57. The number of nitro benzene ring substituents is 1. The number of methoxy groups -OCH3 is 1. The quantitative estimate of drug-likeness (QED) is 0.491. The predicted octanol–water partition coefficient (Wildman–Crippen LogP) is 3.50. The number of fused-ring (bicyclic) bond motifs is 1. The van der Waals surface area contributed by atoms with E-state index in [9.17, 15) is 10.1 Å². The topological polar surface area (TPSA) is 70.8 Å². The van der Waals surface area contributed by atoms with Gasteiger partial charge in [-0.2, -0.15) is 0 Å². The molecule has 0 aliphatic carbocycles. The molecule has 0 radical (unpaired) electrons. The highest BCUT2D eigenvalue weighted by Crippen LogP contribution is 2.38. The summed E-state index contributed by atoms with van der Waals surface area (Å²) < 4.78 is 15.5. The summed E-state index contributed by atoms with van der Waals surface area (Å²) >= 11 is 0. The lowest BCUT2D eigenvalue weighted by Crippen LogP contribution is -1.93. The molecule has 0 spiro atoms. The van der Waals surface area contributed by atoms with Crippen molar-refractivity contribution in [3.05, 3.63) is 57.6 Å². The summed E-state index contributed by atoms with van der Waals surface area (Å²) in [5.74, 6) is 1.67. The molecule has 0 fully saturated rings. The van der Waals surface area contributed by atoms with Gasteiger partial charge in [0, 0.05) is 0 Å². The van der Waals surface area contributed by atoms with Gasteiger partial charge in [-0.15, -0.1) is 0 Å². The smallest absolute Gasteiger partial charge is 0.280 e. The number of nitro groups is 1. The van der Waals surface area contributed by atoms with Crippen LogP contribution >= 0.6 is 0 Å². The molecular formula is C16H13NO5. The van der Waals surface area contributed by atoms with Gasteiger partial charge < -0.3 is 14.2 Å². The van der Waals surface area contributed by atoms with Gasteiger partial charge in [-0.05, 0) is 29.8 Å². The van der Waals surface area contributed by atoms with Crippen LogP contribution in [0.2, 0.25) is 0 Å². The highest BCUT2D eigenvalue weighted by atomic mass is 16.7. The Morgan fingerprint density at radius 3 is 2.45 bits per heavy atom. The standard InChI is InChI=1S/C16H13NO5/c1-20-13-6-3-11(4-7-13)2-5-12-8-15-16(22-10-21-15)9-14(12)17(18)19/h2-9H,10H2,1H3/b5-2+. The second kappa shape index (κ2) is 5.77. The largest absolute Gasteiger partial charge is 0.497 e. The van der Waals surface area contributed by atoms with Gasteiger partial charge in [-0.3, -0.25) is 10.1 Å². The van der Waals surface area contributed by atoms with Crippen molar-refractivity contribution in [2.75, 3.05) is 13.9 Å². The Morgan fingerprint density at radius 2 is 1.82 bits per heavy atom. The van der Waals surface area contributed by atoms with E-state index in [0.29, 0.717) is 17.1 Å². The maximum Gasteiger partial charge on any atom is 0.280 e. The lowest BCUT2D eigenvalue weighted by atomic mass is 10.1. The van der Waals surface area contributed by atoms with Gasteiger partial charge in [0.25, 0.3) is 5.69 Å². The first-order chi connectivity index (χ1) is 10.7. The van der Waals surface area contributed by atoms with Crippen LogP contribution in [0.1, 0.15) is 11.1 Å². The van der Waals surface area contributed by atoms with Crippen molar-refractivity contribution < 1.29 is 19.1 Å². The van der Waals surface area contributed by atoms with Crippen molar-refractivity contribution in [1.82, 2.24) is 0 Å². The van der Waals surface area contributed by atoms with Crippen LogP contribution in [0, 0.1) is 10.1 Å². The molecule has 2 aromatic carbocycles. The molecule has 1 heterocycles. The molecule has 0 unspecified atom stereocenters. The van der Waals surface area contributed by atoms with Crippen LogP contribution in [0.4, 0.5) is 5.69 Å². The van der Waals surface area contributed by atoms with Gasteiger partial charge in [-0.1, -0.05) is 18.2 Å². The van der Waals surface area contributed by atoms with Crippen molar-refractivity contribution in [2.24, 2.45) is 0 Å². The van der Waals surface area contributed by atoms with Crippen molar-refractivity contribution in [1.29, 1.82) is 0 Å². The Balaban J connectivity index is 1.93. The van der Waals surface area contributed by atoms with E-state index in [1.807, 2.05) is 24.3 Å². The van der Waals surface area contributed by atoms with Crippen LogP contribution in [-0.4, -0.2) is 18.8 Å². The lowest BCUT2D eigenvalue weighted by molar-refractivity contribution is -0.385. The third-order valence-electron chi connectivity index (χ3n) is 3.29. The van der Waals surface area contributed by atoms with Gasteiger partial charge in [-0.25, -0.2) is 0 Å². The van der Waals surface area contributed by atoms with Crippen LogP contribution in [0.25, 0.3) is 12.2 Å². The van der Waals surface area contributed by atoms with Crippen molar-refractivity contribution in [3.63, 3.8) is 0 Å². The van der Waals surface area contributed by atoms with Crippen LogP contribution in [0.3, 0.4) is 0 Å². The predicted molar refractivity (Wildman–Crippen MR) is 81.1 cm³/mol. The lowest BCUT2D eigenvalue weighted by Gasteiger charge is -2.02. The molecule has 0 N–H and O–H groups in total. The first kappa shape index (κ1) is 13.9. The van der Waals surface area contributed by atoms with Crippen LogP contribution in [0.5, 0.6) is 17.2 Å². The summed E-state index contributed by atoms with van der Waals surface area (Å²) in [5, 5.41) is 11.2. The minimum Gasteiger partial charge on any atom is -0.497 e. The molecule has 1 aliphatic heterocycles. The van der Waals surface area contributed by atoms with E-state index in [1.165, 1.54) is 6.07 Å². The average Bonchev–Trinajstić information content (AvgIpc) is 2.99. The summed E-state index contributed by atoms with van der Waals surface area (Å²) in [6.07, 6.45) is 3.48. The zero-order valence-corrected chi connectivity index (χ0v) is 11.8. The molecule has 0 aromatic heterocycles. The van der Waals surface area contributed by atoms with E-state index in [0.717, 1.165) is 11.3 Å². The third-order valence-corrected chi connectivity index (χ3v) is 3.29. The second-order valence-electron chi connectivity index (χ2n) is 4.63. The zero-order chi connectivity index (χ0) is 15.5. The average molecular weight is 299 g/mol. The van der Waals surface area contributed by atoms with E-state index in [2.05, 4.69) is 0 Å². The molecule has 6 heteroatoms.